The zero-order valence-electron chi connectivity index (χ0n) is 18.8. The van der Waals surface area contributed by atoms with Gasteiger partial charge < -0.3 is 24.8 Å². The number of hydrogen-bond donors (Lipinski definition) is 0. The van der Waals surface area contributed by atoms with Gasteiger partial charge in [-0.3, -0.25) is 0 Å². The van der Waals surface area contributed by atoms with E-state index < -0.39 is 21.3 Å². The maximum absolute atomic E-state index is 2.67. The molecule has 0 amide bonds. The largest absolute Gasteiger partial charge is 1.00 e. The summed E-state index contributed by atoms with van der Waals surface area (Å²) in [6.07, 6.45) is 5.34. The van der Waals surface area contributed by atoms with Gasteiger partial charge in [-0.2, -0.15) is 0 Å². The first-order valence-electron chi connectivity index (χ1n) is 10.7. The molecule has 0 nitrogen and oxygen atoms in total. The Morgan fingerprint density at radius 2 is 1.03 bits per heavy atom. The van der Waals surface area contributed by atoms with E-state index >= 15 is 0 Å². The van der Waals surface area contributed by atoms with Crippen molar-refractivity contribution in [3.63, 3.8) is 0 Å². The fourth-order valence-electron chi connectivity index (χ4n) is 5.12. The zero-order chi connectivity index (χ0) is 20.0. The van der Waals surface area contributed by atoms with Crippen LogP contribution in [0, 0.1) is 11.8 Å². The first-order chi connectivity index (χ1) is 13.4. The van der Waals surface area contributed by atoms with Crippen LogP contribution >= 0.6 is 0 Å². The molecule has 0 saturated heterocycles. The second-order valence-corrected chi connectivity index (χ2v) is 16.9. The van der Waals surface area contributed by atoms with Gasteiger partial charge in [-0.05, 0) is 0 Å². The molecule has 2 atom stereocenters. The molecule has 2 aromatic carbocycles. The Morgan fingerprint density at radius 3 is 1.37 bits per heavy atom. The van der Waals surface area contributed by atoms with Crippen molar-refractivity contribution in [3.05, 3.63) is 82.9 Å². The Labute approximate surface area is 202 Å². The molecule has 4 rings (SSSR count). The van der Waals surface area contributed by atoms with E-state index in [1.807, 2.05) is 0 Å². The topological polar surface area (TPSA) is 0 Å². The average molecular weight is 519 g/mol. The van der Waals surface area contributed by atoms with E-state index in [2.05, 4.69) is 102 Å². The first-order valence-corrected chi connectivity index (χ1v) is 14.8. The predicted octanol–water partition coefficient (Wildman–Crippen LogP) is 1.41. The molecular weight excluding hydrogens is 486 g/mol. The van der Waals surface area contributed by atoms with Crippen LogP contribution in [0.15, 0.2) is 60.7 Å². The maximum Gasteiger partial charge on any atom is -1.00 e. The van der Waals surface area contributed by atoms with Gasteiger partial charge in [0.1, 0.15) is 0 Å². The normalized spacial score (nSPS) is 18.5. The van der Waals surface area contributed by atoms with Crippen molar-refractivity contribution in [2.45, 2.75) is 48.8 Å². The van der Waals surface area contributed by atoms with Crippen LogP contribution in [0.1, 0.15) is 71.0 Å². The summed E-state index contributed by atoms with van der Waals surface area (Å²) in [5, 5.41) is 0. The smallest absolute Gasteiger partial charge is 1.00 e. The number of fused-ring (bicyclic) bond motifs is 2. The van der Waals surface area contributed by atoms with Crippen molar-refractivity contribution >= 4 is 14.4 Å². The van der Waals surface area contributed by atoms with Crippen LogP contribution in [0.5, 0.6) is 0 Å². The van der Waals surface area contributed by atoms with Gasteiger partial charge in [0.25, 0.3) is 0 Å². The van der Waals surface area contributed by atoms with Gasteiger partial charge in [0, 0.05) is 0 Å². The molecule has 2 aliphatic carbocycles. The molecule has 0 N–H and O–H groups in total. The molecule has 2 unspecified atom stereocenters. The molecule has 2 aromatic rings. The molecule has 0 fully saturated rings. The second kappa shape index (κ2) is 10.2. The van der Waals surface area contributed by atoms with Crippen molar-refractivity contribution in [3.8, 4) is 0 Å². The summed E-state index contributed by atoms with van der Waals surface area (Å²) in [6.45, 7) is 14.2. The first kappa shape index (κ1) is 25.5. The third-order valence-electron chi connectivity index (χ3n) is 6.40. The summed E-state index contributed by atoms with van der Waals surface area (Å²) in [5.74, 6) is 1.18. The molecule has 0 bridgehead atoms. The Balaban J connectivity index is 0.00000160. The van der Waals surface area contributed by atoms with Gasteiger partial charge in [-0.1, -0.05) is 0 Å². The van der Waals surface area contributed by atoms with Crippen LogP contribution in [0.3, 0.4) is 0 Å². The SMILES string of the molecule is C[C](C)=[Zr+2]([CH]1C=C(C(C)C)c2ccccc21)[CH]1C=C(C(C)C)c2ccccc21.[Cl-].[Cl-]. The van der Waals surface area contributed by atoms with Crippen molar-refractivity contribution in [1.82, 2.24) is 0 Å². The van der Waals surface area contributed by atoms with Crippen molar-refractivity contribution < 1.29 is 46.1 Å². The van der Waals surface area contributed by atoms with Gasteiger partial charge in [0.15, 0.2) is 0 Å². The Morgan fingerprint density at radius 1 is 0.667 bits per heavy atom. The van der Waals surface area contributed by atoms with Crippen molar-refractivity contribution in [1.29, 1.82) is 0 Å². The number of benzene rings is 2. The van der Waals surface area contributed by atoms with Crippen LogP contribution in [-0.2, 0) is 21.3 Å². The maximum atomic E-state index is 2.67. The fourth-order valence-corrected chi connectivity index (χ4v) is 13.8. The number of halogens is 2. The predicted molar refractivity (Wildman–Crippen MR) is 120 cm³/mol. The molecule has 0 aromatic heterocycles. The van der Waals surface area contributed by atoms with E-state index in [1.165, 1.54) is 11.1 Å². The van der Waals surface area contributed by atoms with Crippen LogP contribution < -0.4 is 24.8 Å². The third kappa shape index (κ3) is 4.41. The van der Waals surface area contributed by atoms with Crippen molar-refractivity contribution in [2.75, 3.05) is 0 Å². The Hall–Kier alpha value is -0.747. The van der Waals surface area contributed by atoms with E-state index in [-0.39, 0.29) is 24.8 Å². The fraction of sp³-hybridized carbons (Fsp3) is 0.370. The molecule has 30 heavy (non-hydrogen) atoms. The summed E-state index contributed by atoms with van der Waals surface area (Å²) in [6, 6.07) is 18.4. The molecular formula is C27H32Cl2Zr. The van der Waals surface area contributed by atoms with Gasteiger partial charge in [-0.15, -0.1) is 0 Å². The summed E-state index contributed by atoms with van der Waals surface area (Å²) in [5.41, 5.74) is 9.37. The standard InChI is InChI=1S/2C12H13.C3H6.2ClH.Zr/c2*1-9(2)11-8-7-10-5-3-4-6-12(10)11;1-3-2;;;/h2*3-9H,1-2H3;1-2H3;2*1H;/q;;;;;+2/p-2. The molecule has 3 heteroatoms. The van der Waals surface area contributed by atoms with E-state index in [0.717, 1.165) is 0 Å². The van der Waals surface area contributed by atoms with Gasteiger partial charge >= 0.3 is 179 Å². The minimum absolute atomic E-state index is 0. The van der Waals surface area contributed by atoms with Crippen LogP contribution in [0.2, 0.25) is 0 Å². The zero-order valence-corrected chi connectivity index (χ0v) is 22.8. The molecule has 0 aliphatic heterocycles. The number of rotatable bonds is 4. The Kier molecular flexibility index (Phi) is 8.71. The molecule has 0 radical (unpaired) electrons. The Bertz CT molecular complexity index is 932. The quantitative estimate of drug-likeness (QED) is 0.575. The number of hydrogen-bond acceptors (Lipinski definition) is 0. The van der Waals surface area contributed by atoms with Crippen LogP contribution in [0.4, 0.5) is 0 Å². The van der Waals surface area contributed by atoms with E-state index in [4.69, 9.17) is 0 Å². The molecule has 158 valence electrons. The summed E-state index contributed by atoms with van der Waals surface area (Å²) >= 11 is -2.02. The third-order valence-corrected chi connectivity index (χ3v) is 14.9. The number of allylic oxidation sites excluding steroid dienone is 4. The van der Waals surface area contributed by atoms with Gasteiger partial charge in [0.05, 0.1) is 0 Å². The second-order valence-electron chi connectivity index (χ2n) is 9.14. The molecule has 0 saturated carbocycles. The summed E-state index contributed by atoms with van der Waals surface area (Å²) in [7, 11) is 0. The monoisotopic (exact) mass is 516 g/mol. The average Bonchev–Trinajstić information content (AvgIpc) is 3.22. The van der Waals surface area contributed by atoms with Crippen molar-refractivity contribution in [2.24, 2.45) is 11.8 Å². The van der Waals surface area contributed by atoms with Crippen LogP contribution in [0.25, 0.3) is 11.1 Å². The van der Waals surface area contributed by atoms with E-state index in [9.17, 15) is 0 Å². The van der Waals surface area contributed by atoms with Crippen LogP contribution in [-0.4, -0.2) is 3.21 Å². The van der Waals surface area contributed by atoms with Gasteiger partial charge in [-0.25, -0.2) is 0 Å². The minimum Gasteiger partial charge on any atom is -1.00 e. The van der Waals surface area contributed by atoms with E-state index in [0.29, 0.717) is 19.1 Å². The minimum atomic E-state index is -2.02. The molecule has 0 heterocycles. The molecule has 2 aliphatic rings. The van der Waals surface area contributed by atoms with Gasteiger partial charge in [0.2, 0.25) is 0 Å². The summed E-state index contributed by atoms with van der Waals surface area (Å²) < 4.78 is 3.04. The van der Waals surface area contributed by atoms with E-state index in [1.54, 1.807) is 25.5 Å². The summed E-state index contributed by atoms with van der Waals surface area (Å²) in [4.78, 5) is 0. The molecule has 0 spiro atoms.